The monoisotopic (exact) mass is 216 g/mol. The van der Waals surface area contributed by atoms with Crippen molar-refractivity contribution in [2.45, 2.75) is 39.7 Å². The van der Waals surface area contributed by atoms with Crippen LogP contribution in [-0.2, 0) is 6.42 Å². The third-order valence-corrected chi connectivity index (χ3v) is 2.83. The smallest absolute Gasteiger partial charge is 0.101 e. The molecule has 0 saturated carbocycles. The van der Waals surface area contributed by atoms with Gasteiger partial charge in [0.05, 0.1) is 6.07 Å². The van der Waals surface area contributed by atoms with Gasteiger partial charge >= 0.3 is 0 Å². The van der Waals surface area contributed by atoms with Gasteiger partial charge in [-0.15, -0.1) is 0 Å². The number of nitrogens with one attached hydrogen (secondary N) is 1. The Morgan fingerprint density at radius 2 is 1.94 bits per heavy atom. The van der Waals surface area contributed by atoms with E-state index in [0.717, 1.165) is 13.0 Å². The second kappa shape index (κ2) is 5.14. The van der Waals surface area contributed by atoms with Gasteiger partial charge in [-0.1, -0.05) is 18.2 Å². The normalized spacial score (nSPS) is 11.2. The largest absolute Gasteiger partial charge is 0.300 e. The predicted octanol–water partition coefficient (Wildman–Crippen LogP) is 2.74. The van der Waals surface area contributed by atoms with Crippen molar-refractivity contribution in [3.05, 3.63) is 34.9 Å². The molecule has 1 aromatic rings. The zero-order valence-electron chi connectivity index (χ0n) is 10.6. The minimum absolute atomic E-state index is 0.431. The van der Waals surface area contributed by atoms with Gasteiger partial charge in [0.25, 0.3) is 0 Å². The van der Waals surface area contributed by atoms with E-state index < -0.39 is 5.54 Å². The highest BCUT2D eigenvalue weighted by Crippen LogP contribution is 2.10. The van der Waals surface area contributed by atoms with Gasteiger partial charge in [0.1, 0.15) is 5.54 Å². The lowest BCUT2D eigenvalue weighted by atomic mass is 10.0. The van der Waals surface area contributed by atoms with Gasteiger partial charge in [-0.05, 0) is 50.8 Å². The molecule has 2 nitrogen and oxygen atoms in total. The Hall–Kier alpha value is -1.33. The fourth-order valence-corrected chi connectivity index (χ4v) is 1.52. The Bertz CT molecular complexity index is 400. The molecule has 0 unspecified atom stereocenters. The molecule has 0 heterocycles. The van der Waals surface area contributed by atoms with E-state index in [1.165, 1.54) is 16.7 Å². The van der Waals surface area contributed by atoms with Crippen molar-refractivity contribution in [3.63, 3.8) is 0 Å². The third-order valence-electron chi connectivity index (χ3n) is 2.83. The number of aryl methyl sites for hydroxylation is 2. The molecule has 0 aliphatic carbocycles. The highest BCUT2D eigenvalue weighted by molar-refractivity contribution is 5.30. The van der Waals surface area contributed by atoms with Gasteiger partial charge in [0.15, 0.2) is 0 Å². The molecular formula is C14H20N2. The summed E-state index contributed by atoms with van der Waals surface area (Å²) in [5, 5.41) is 12.1. The van der Waals surface area contributed by atoms with Gasteiger partial charge in [0, 0.05) is 6.54 Å². The van der Waals surface area contributed by atoms with Crippen molar-refractivity contribution in [1.29, 1.82) is 5.26 Å². The number of nitriles is 1. The van der Waals surface area contributed by atoms with Crippen molar-refractivity contribution >= 4 is 0 Å². The predicted molar refractivity (Wildman–Crippen MR) is 67.3 cm³/mol. The van der Waals surface area contributed by atoms with E-state index in [4.69, 9.17) is 5.26 Å². The van der Waals surface area contributed by atoms with Gasteiger partial charge in [0.2, 0.25) is 0 Å². The summed E-state index contributed by atoms with van der Waals surface area (Å²) in [4.78, 5) is 0. The summed E-state index contributed by atoms with van der Waals surface area (Å²) in [5.41, 5.74) is 3.55. The van der Waals surface area contributed by atoms with Crippen LogP contribution >= 0.6 is 0 Å². The minimum atomic E-state index is -0.431. The molecule has 1 rings (SSSR count). The van der Waals surface area contributed by atoms with E-state index in [-0.39, 0.29) is 0 Å². The average molecular weight is 216 g/mol. The summed E-state index contributed by atoms with van der Waals surface area (Å²) >= 11 is 0. The molecule has 0 aliphatic rings. The lowest BCUT2D eigenvalue weighted by Crippen LogP contribution is -2.38. The summed E-state index contributed by atoms with van der Waals surface area (Å²) in [7, 11) is 0. The Morgan fingerprint density at radius 1 is 1.25 bits per heavy atom. The van der Waals surface area contributed by atoms with Crippen molar-refractivity contribution in [3.8, 4) is 6.07 Å². The zero-order chi connectivity index (χ0) is 12.2. The molecule has 0 fully saturated rings. The molecule has 0 bridgehead atoms. The maximum Gasteiger partial charge on any atom is 0.101 e. The van der Waals surface area contributed by atoms with Crippen LogP contribution in [0.1, 0.15) is 30.5 Å². The molecule has 2 heteroatoms. The van der Waals surface area contributed by atoms with E-state index >= 15 is 0 Å². The van der Waals surface area contributed by atoms with Crippen LogP contribution < -0.4 is 5.32 Å². The van der Waals surface area contributed by atoms with E-state index in [0.29, 0.717) is 0 Å². The van der Waals surface area contributed by atoms with Crippen molar-refractivity contribution in [2.24, 2.45) is 0 Å². The van der Waals surface area contributed by atoms with E-state index in [1.807, 2.05) is 13.8 Å². The van der Waals surface area contributed by atoms with Crippen molar-refractivity contribution < 1.29 is 0 Å². The topological polar surface area (TPSA) is 35.8 Å². The summed E-state index contributed by atoms with van der Waals surface area (Å²) in [6, 6.07) is 8.76. The quantitative estimate of drug-likeness (QED) is 0.840. The first-order valence-electron chi connectivity index (χ1n) is 5.67. The first kappa shape index (κ1) is 12.7. The summed E-state index contributed by atoms with van der Waals surface area (Å²) in [5.74, 6) is 0. The SMILES string of the molecule is Cc1ccc(CCNC(C)(C)C#N)cc1C. The van der Waals surface area contributed by atoms with Gasteiger partial charge < -0.3 is 0 Å². The molecule has 0 spiro atoms. The Balaban J connectivity index is 2.50. The van der Waals surface area contributed by atoms with Crippen molar-refractivity contribution in [1.82, 2.24) is 5.32 Å². The molecule has 0 atom stereocenters. The highest BCUT2D eigenvalue weighted by Gasteiger charge is 2.14. The van der Waals surface area contributed by atoms with Crippen LogP contribution in [0.4, 0.5) is 0 Å². The summed E-state index contributed by atoms with van der Waals surface area (Å²) in [6.45, 7) is 8.88. The Morgan fingerprint density at radius 3 is 2.50 bits per heavy atom. The van der Waals surface area contributed by atoms with Crippen LogP contribution in [0, 0.1) is 25.2 Å². The van der Waals surface area contributed by atoms with Crippen LogP contribution in [0.5, 0.6) is 0 Å². The van der Waals surface area contributed by atoms with Crippen LogP contribution in [-0.4, -0.2) is 12.1 Å². The molecule has 16 heavy (non-hydrogen) atoms. The molecule has 1 N–H and O–H groups in total. The average Bonchev–Trinajstić information content (AvgIpc) is 2.23. The molecule has 86 valence electrons. The first-order valence-corrected chi connectivity index (χ1v) is 5.67. The lowest BCUT2D eigenvalue weighted by molar-refractivity contribution is 0.490. The number of rotatable bonds is 4. The maximum absolute atomic E-state index is 8.86. The standard InChI is InChI=1S/C14H20N2/c1-11-5-6-13(9-12(11)2)7-8-16-14(3,4)10-15/h5-6,9,16H,7-8H2,1-4H3. The molecule has 0 radical (unpaired) electrons. The lowest BCUT2D eigenvalue weighted by Gasteiger charge is -2.17. The second-order valence-corrected chi connectivity index (χ2v) is 4.83. The molecular weight excluding hydrogens is 196 g/mol. The number of benzene rings is 1. The third kappa shape index (κ3) is 3.67. The Kier molecular flexibility index (Phi) is 4.09. The van der Waals surface area contributed by atoms with Crippen LogP contribution in [0.15, 0.2) is 18.2 Å². The first-order chi connectivity index (χ1) is 7.44. The van der Waals surface area contributed by atoms with Crippen molar-refractivity contribution in [2.75, 3.05) is 6.54 Å². The molecule has 0 saturated heterocycles. The van der Waals surface area contributed by atoms with E-state index in [9.17, 15) is 0 Å². The summed E-state index contributed by atoms with van der Waals surface area (Å²) < 4.78 is 0. The zero-order valence-corrected chi connectivity index (χ0v) is 10.6. The molecule has 0 amide bonds. The molecule has 0 aromatic heterocycles. The number of hydrogen-bond donors (Lipinski definition) is 1. The van der Waals surface area contributed by atoms with Gasteiger partial charge in [-0.25, -0.2) is 0 Å². The maximum atomic E-state index is 8.86. The van der Waals surface area contributed by atoms with Gasteiger partial charge in [-0.2, -0.15) is 5.26 Å². The van der Waals surface area contributed by atoms with Crippen LogP contribution in [0.2, 0.25) is 0 Å². The van der Waals surface area contributed by atoms with Gasteiger partial charge in [-0.3, -0.25) is 5.32 Å². The van der Waals surface area contributed by atoms with Crippen LogP contribution in [0.3, 0.4) is 0 Å². The number of hydrogen-bond acceptors (Lipinski definition) is 2. The minimum Gasteiger partial charge on any atom is -0.300 e. The molecule has 1 aromatic carbocycles. The summed E-state index contributed by atoms with van der Waals surface area (Å²) in [6.07, 6.45) is 0.965. The highest BCUT2D eigenvalue weighted by atomic mass is 14.9. The van der Waals surface area contributed by atoms with E-state index in [1.54, 1.807) is 0 Å². The van der Waals surface area contributed by atoms with E-state index in [2.05, 4.69) is 43.4 Å². The van der Waals surface area contributed by atoms with Crippen LogP contribution in [0.25, 0.3) is 0 Å². The second-order valence-electron chi connectivity index (χ2n) is 4.83. The Labute approximate surface area is 98.3 Å². The fraction of sp³-hybridized carbons (Fsp3) is 0.500. The fourth-order valence-electron chi connectivity index (χ4n) is 1.52. The molecule has 0 aliphatic heterocycles. The number of nitrogens with zero attached hydrogens (tertiary/aromatic N) is 1.